The average Bonchev–Trinajstić information content (AvgIpc) is 2.92. The van der Waals surface area contributed by atoms with Gasteiger partial charge in [0.1, 0.15) is 12.4 Å². The Labute approximate surface area is 121 Å². The molecule has 1 N–H and O–H groups in total. The van der Waals surface area contributed by atoms with E-state index >= 15 is 0 Å². The highest BCUT2D eigenvalue weighted by atomic mass is 16.5. The van der Waals surface area contributed by atoms with Gasteiger partial charge in [0.15, 0.2) is 0 Å². The van der Waals surface area contributed by atoms with E-state index in [9.17, 15) is 0 Å². The largest absolute Gasteiger partial charge is 0.491 e. The molecule has 1 aliphatic rings. The number of nitrogens with one attached hydrogen (secondary N) is 1. The van der Waals surface area contributed by atoms with Crippen molar-refractivity contribution in [3.8, 4) is 5.75 Å². The normalized spacial score (nSPS) is 22.1. The highest BCUT2D eigenvalue weighted by Gasteiger charge is 2.24. The Bertz CT molecular complexity index is 380. The van der Waals surface area contributed by atoms with Crippen LogP contribution in [0.2, 0.25) is 0 Å². The lowest BCUT2D eigenvalue weighted by Crippen LogP contribution is -2.25. The van der Waals surface area contributed by atoms with Crippen LogP contribution in [0.3, 0.4) is 0 Å². The van der Waals surface area contributed by atoms with Gasteiger partial charge < -0.3 is 19.5 Å². The first-order chi connectivity index (χ1) is 9.81. The Morgan fingerprint density at radius 2 is 1.95 bits per heavy atom. The second-order valence-electron chi connectivity index (χ2n) is 5.21. The molecule has 1 saturated heterocycles. The number of likely N-dealkylation sites (N-methyl/N-ethyl adjacent to an activating group) is 1. The highest BCUT2D eigenvalue weighted by Crippen LogP contribution is 2.21. The molecule has 0 amide bonds. The summed E-state index contributed by atoms with van der Waals surface area (Å²) in [7, 11) is 3.68. The fourth-order valence-electron chi connectivity index (χ4n) is 2.44. The third-order valence-electron chi connectivity index (χ3n) is 3.58. The lowest BCUT2D eigenvalue weighted by atomic mass is 10.1. The van der Waals surface area contributed by atoms with Crippen molar-refractivity contribution in [1.82, 2.24) is 5.32 Å². The summed E-state index contributed by atoms with van der Waals surface area (Å²) in [5, 5.41) is 3.15. The van der Waals surface area contributed by atoms with E-state index in [1.807, 2.05) is 19.2 Å². The molecule has 0 spiro atoms. The first-order valence-electron chi connectivity index (χ1n) is 7.32. The Kier molecular flexibility index (Phi) is 6.30. The maximum atomic E-state index is 5.90. The standard InChI is InChI=1S/C16H25NO3/c1-17-11-15-7-8-16(20-15)12-19-14-5-3-13(4-6-14)9-10-18-2/h3-6,15-17H,7-12H2,1-2H3. The molecule has 2 unspecified atom stereocenters. The molecule has 1 heterocycles. The lowest BCUT2D eigenvalue weighted by molar-refractivity contribution is 0.0193. The van der Waals surface area contributed by atoms with Gasteiger partial charge in [-0.2, -0.15) is 0 Å². The first-order valence-corrected chi connectivity index (χ1v) is 7.32. The van der Waals surface area contributed by atoms with Crippen molar-refractivity contribution < 1.29 is 14.2 Å². The van der Waals surface area contributed by atoms with Gasteiger partial charge in [0.25, 0.3) is 0 Å². The van der Waals surface area contributed by atoms with Crippen LogP contribution in [0.5, 0.6) is 5.75 Å². The van der Waals surface area contributed by atoms with Gasteiger partial charge in [-0.1, -0.05) is 12.1 Å². The minimum absolute atomic E-state index is 0.224. The maximum Gasteiger partial charge on any atom is 0.119 e. The maximum absolute atomic E-state index is 5.90. The van der Waals surface area contributed by atoms with E-state index in [1.54, 1.807) is 7.11 Å². The molecular weight excluding hydrogens is 254 g/mol. The van der Waals surface area contributed by atoms with E-state index in [0.29, 0.717) is 12.7 Å². The van der Waals surface area contributed by atoms with Gasteiger partial charge in [-0.15, -0.1) is 0 Å². The van der Waals surface area contributed by atoms with Crippen LogP contribution < -0.4 is 10.1 Å². The molecular formula is C16H25NO3. The van der Waals surface area contributed by atoms with E-state index in [2.05, 4.69) is 17.4 Å². The smallest absolute Gasteiger partial charge is 0.119 e. The fraction of sp³-hybridized carbons (Fsp3) is 0.625. The molecule has 20 heavy (non-hydrogen) atoms. The van der Waals surface area contributed by atoms with Gasteiger partial charge in [-0.05, 0) is 44.0 Å². The second-order valence-corrected chi connectivity index (χ2v) is 5.21. The predicted molar refractivity (Wildman–Crippen MR) is 79.3 cm³/mol. The predicted octanol–water partition coefficient (Wildman–Crippen LogP) is 2.02. The summed E-state index contributed by atoms with van der Waals surface area (Å²) in [6, 6.07) is 8.22. The number of rotatable bonds is 8. The van der Waals surface area contributed by atoms with Crippen molar-refractivity contribution in [2.45, 2.75) is 31.5 Å². The monoisotopic (exact) mass is 279 g/mol. The zero-order valence-electron chi connectivity index (χ0n) is 12.4. The van der Waals surface area contributed by atoms with Crippen molar-refractivity contribution in [2.75, 3.05) is 33.9 Å². The molecule has 2 rings (SSSR count). The molecule has 112 valence electrons. The van der Waals surface area contributed by atoms with Crippen LogP contribution in [0.4, 0.5) is 0 Å². The van der Waals surface area contributed by atoms with E-state index in [-0.39, 0.29) is 6.10 Å². The minimum Gasteiger partial charge on any atom is -0.491 e. The van der Waals surface area contributed by atoms with Gasteiger partial charge in [-0.25, -0.2) is 0 Å². The zero-order valence-corrected chi connectivity index (χ0v) is 12.4. The number of hydrogen-bond acceptors (Lipinski definition) is 4. The topological polar surface area (TPSA) is 39.7 Å². The van der Waals surface area contributed by atoms with Gasteiger partial charge in [0, 0.05) is 13.7 Å². The van der Waals surface area contributed by atoms with Crippen molar-refractivity contribution >= 4 is 0 Å². The van der Waals surface area contributed by atoms with Gasteiger partial charge in [-0.3, -0.25) is 0 Å². The van der Waals surface area contributed by atoms with E-state index < -0.39 is 0 Å². The molecule has 2 atom stereocenters. The summed E-state index contributed by atoms with van der Waals surface area (Å²) in [4.78, 5) is 0. The summed E-state index contributed by atoms with van der Waals surface area (Å²) in [6.07, 6.45) is 3.70. The van der Waals surface area contributed by atoms with Crippen LogP contribution in [0.15, 0.2) is 24.3 Å². The number of benzene rings is 1. The zero-order chi connectivity index (χ0) is 14.2. The minimum atomic E-state index is 0.224. The molecule has 4 heteroatoms. The number of methoxy groups -OCH3 is 1. The summed E-state index contributed by atoms with van der Waals surface area (Å²) < 4.78 is 16.8. The summed E-state index contributed by atoms with van der Waals surface area (Å²) in [5.74, 6) is 0.909. The van der Waals surface area contributed by atoms with Crippen LogP contribution in [0, 0.1) is 0 Å². The van der Waals surface area contributed by atoms with Crippen molar-refractivity contribution in [3.05, 3.63) is 29.8 Å². The molecule has 4 nitrogen and oxygen atoms in total. The van der Waals surface area contributed by atoms with Crippen LogP contribution in [0.25, 0.3) is 0 Å². The highest BCUT2D eigenvalue weighted by molar-refractivity contribution is 5.27. The number of hydrogen-bond donors (Lipinski definition) is 1. The van der Waals surface area contributed by atoms with Crippen LogP contribution in [-0.4, -0.2) is 46.1 Å². The van der Waals surface area contributed by atoms with Gasteiger partial charge >= 0.3 is 0 Å². The SMILES string of the molecule is CNCC1CCC(COc2ccc(CCOC)cc2)O1. The Morgan fingerprint density at radius 3 is 2.65 bits per heavy atom. The molecule has 1 fully saturated rings. The molecule has 0 bridgehead atoms. The second kappa shape index (κ2) is 8.25. The summed E-state index contributed by atoms with van der Waals surface area (Å²) in [5.41, 5.74) is 1.27. The van der Waals surface area contributed by atoms with Gasteiger partial charge in [0.05, 0.1) is 18.8 Å². The molecule has 1 aliphatic heterocycles. The van der Waals surface area contributed by atoms with E-state index in [1.165, 1.54) is 5.56 Å². The Hall–Kier alpha value is -1.10. The van der Waals surface area contributed by atoms with Crippen molar-refractivity contribution in [2.24, 2.45) is 0 Å². The number of ether oxygens (including phenoxy) is 3. The average molecular weight is 279 g/mol. The third kappa shape index (κ3) is 4.78. The summed E-state index contributed by atoms with van der Waals surface area (Å²) in [6.45, 7) is 2.31. The van der Waals surface area contributed by atoms with Gasteiger partial charge in [0.2, 0.25) is 0 Å². The Morgan fingerprint density at radius 1 is 1.20 bits per heavy atom. The molecule has 0 aromatic heterocycles. The van der Waals surface area contributed by atoms with Crippen LogP contribution in [-0.2, 0) is 15.9 Å². The van der Waals surface area contributed by atoms with Crippen LogP contribution >= 0.6 is 0 Å². The third-order valence-corrected chi connectivity index (χ3v) is 3.58. The molecule has 1 aromatic carbocycles. The fourth-order valence-corrected chi connectivity index (χ4v) is 2.44. The first kappa shape index (κ1) is 15.3. The lowest BCUT2D eigenvalue weighted by Gasteiger charge is -2.14. The Balaban J connectivity index is 1.71. The summed E-state index contributed by atoms with van der Waals surface area (Å²) >= 11 is 0. The van der Waals surface area contributed by atoms with Crippen molar-refractivity contribution in [1.29, 1.82) is 0 Å². The van der Waals surface area contributed by atoms with Crippen molar-refractivity contribution in [3.63, 3.8) is 0 Å². The molecule has 1 aromatic rings. The van der Waals surface area contributed by atoms with E-state index in [4.69, 9.17) is 14.2 Å². The molecule has 0 radical (unpaired) electrons. The van der Waals surface area contributed by atoms with Crippen LogP contribution in [0.1, 0.15) is 18.4 Å². The van der Waals surface area contributed by atoms with E-state index in [0.717, 1.165) is 38.2 Å². The quantitative estimate of drug-likeness (QED) is 0.790. The molecule has 0 aliphatic carbocycles. The molecule has 0 saturated carbocycles.